The van der Waals surface area contributed by atoms with Gasteiger partial charge in [-0.25, -0.2) is 14.6 Å². The Kier molecular flexibility index (Phi) is 5.87. The number of hydrogen-bond acceptors (Lipinski definition) is 6. The molecule has 3 atom stereocenters. The fraction of sp³-hybridized carbons (Fsp3) is 0.192. The molecule has 1 fully saturated rings. The normalized spacial score (nSPS) is 19.9. The van der Waals surface area contributed by atoms with E-state index in [0.29, 0.717) is 17.5 Å². The molecule has 5 rings (SSSR count). The topological polar surface area (TPSA) is 79.7 Å². The molecule has 0 radical (unpaired) electrons. The molecule has 7 heteroatoms. The first-order valence-corrected chi connectivity index (χ1v) is 10.7. The Bertz CT molecular complexity index is 1260. The van der Waals surface area contributed by atoms with Gasteiger partial charge in [0.15, 0.2) is 0 Å². The largest absolute Gasteiger partial charge is 0.459 e. The van der Waals surface area contributed by atoms with Crippen LogP contribution < -0.4 is 0 Å². The molecule has 1 aliphatic heterocycles. The Morgan fingerprint density at radius 1 is 0.879 bits per heavy atom. The molecule has 0 amide bonds. The lowest BCUT2D eigenvalue weighted by Crippen LogP contribution is -2.32. The van der Waals surface area contributed by atoms with Gasteiger partial charge < -0.3 is 18.8 Å². The van der Waals surface area contributed by atoms with Crippen molar-refractivity contribution in [3.8, 4) is 0 Å². The number of benzene rings is 3. The molecule has 0 N–H and O–H groups in total. The summed E-state index contributed by atoms with van der Waals surface area (Å²) in [5.41, 5.74) is 2.66. The van der Waals surface area contributed by atoms with Gasteiger partial charge in [-0.15, -0.1) is 0 Å². The van der Waals surface area contributed by atoms with E-state index in [0.717, 1.165) is 11.0 Å². The van der Waals surface area contributed by atoms with Gasteiger partial charge in [0.05, 0.1) is 28.5 Å². The average Bonchev–Trinajstić information content (AvgIpc) is 3.47. The van der Waals surface area contributed by atoms with Crippen LogP contribution in [0.4, 0.5) is 0 Å². The van der Waals surface area contributed by atoms with E-state index in [1.54, 1.807) is 54.9 Å². The Hall–Kier alpha value is -3.97. The highest BCUT2D eigenvalue weighted by atomic mass is 16.6. The lowest BCUT2D eigenvalue weighted by molar-refractivity contribution is -0.0562. The van der Waals surface area contributed by atoms with Gasteiger partial charge in [0, 0.05) is 6.42 Å². The molecule has 7 nitrogen and oxygen atoms in total. The van der Waals surface area contributed by atoms with E-state index in [4.69, 9.17) is 14.2 Å². The van der Waals surface area contributed by atoms with Crippen molar-refractivity contribution in [2.75, 3.05) is 6.61 Å². The molecule has 0 aliphatic carbocycles. The van der Waals surface area contributed by atoms with Crippen molar-refractivity contribution in [3.05, 3.63) is 102 Å². The van der Waals surface area contributed by atoms with Crippen LogP contribution in [0.5, 0.6) is 0 Å². The third-order valence-electron chi connectivity index (χ3n) is 5.63. The molecule has 0 unspecified atom stereocenters. The van der Waals surface area contributed by atoms with E-state index in [1.807, 2.05) is 41.0 Å². The minimum Gasteiger partial charge on any atom is -0.459 e. The lowest BCUT2D eigenvalue weighted by Gasteiger charge is -2.19. The molecule has 1 aliphatic rings. The molecular formula is C26H22N2O5. The number of hydrogen-bond donors (Lipinski definition) is 0. The predicted molar refractivity (Wildman–Crippen MR) is 121 cm³/mol. The lowest BCUT2D eigenvalue weighted by atomic mass is 10.1. The van der Waals surface area contributed by atoms with Crippen LogP contribution in [0.3, 0.4) is 0 Å². The summed E-state index contributed by atoms with van der Waals surface area (Å²) in [4.78, 5) is 29.6. The highest BCUT2D eigenvalue weighted by Gasteiger charge is 2.40. The third kappa shape index (κ3) is 4.49. The first-order valence-electron chi connectivity index (χ1n) is 10.7. The van der Waals surface area contributed by atoms with Crippen LogP contribution in [0, 0.1) is 0 Å². The van der Waals surface area contributed by atoms with Gasteiger partial charge in [-0.3, -0.25) is 0 Å². The number of imidazole rings is 1. The van der Waals surface area contributed by atoms with Crippen LogP contribution >= 0.6 is 0 Å². The van der Waals surface area contributed by atoms with Crippen LogP contribution in [0.2, 0.25) is 0 Å². The summed E-state index contributed by atoms with van der Waals surface area (Å²) in [6.45, 7) is -0.0381. The second-order valence-electron chi connectivity index (χ2n) is 7.78. The number of carbonyl (C=O) groups is 2. The molecule has 0 saturated carbocycles. The molecule has 33 heavy (non-hydrogen) atoms. The molecular weight excluding hydrogens is 420 g/mol. The van der Waals surface area contributed by atoms with Crippen molar-refractivity contribution in [3.63, 3.8) is 0 Å². The number of fused-ring (bicyclic) bond motifs is 1. The molecule has 4 aromatic rings. The van der Waals surface area contributed by atoms with Gasteiger partial charge in [0.25, 0.3) is 0 Å². The van der Waals surface area contributed by atoms with Crippen molar-refractivity contribution in [2.24, 2.45) is 0 Å². The minimum atomic E-state index is -0.614. The van der Waals surface area contributed by atoms with E-state index in [1.165, 1.54) is 0 Å². The van der Waals surface area contributed by atoms with E-state index < -0.39 is 30.4 Å². The number of esters is 2. The van der Waals surface area contributed by atoms with Crippen molar-refractivity contribution in [2.45, 2.75) is 24.9 Å². The zero-order valence-electron chi connectivity index (χ0n) is 17.7. The fourth-order valence-electron chi connectivity index (χ4n) is 3.95. The molecule has 1 saturated heterocycles. The van der Waals surface area contributed by atoms with E-state index >= 15 is 0 Å². The van der Waals surface area contributed by atoms with Gasteiger partial charge in [0.1, 0.15) is 25.0 Å². The second-order valence-corrected chi connectivity index (χ2v) is 7.78. The smallest absolute Gasteiger partial charge is 0.338 e. The standard InChI is InChI=1S/C26H22N2O5/c29-25(18-9-3-1-4-10-18)31-16-23-22(33-26(30)19-11-5-2-6-12-19)15-24(32-23)28-17-27-20-13-7-8-14-21(20)28/h1-14,17,22-24H,15-16H2/t22-,23+,24-/m0/s1. The molecule has 0 bridgehead atoms. The van der Waals surface area contributed by atoms with Crippen molar-refractivity contribution in [1.82, 2.24) is 9.55 Å². The number of rotatable bonds is 6. The summed E-state index contributed by atoms with van der Waals surface area (Å²) in [5.74, 6) is -0.899. The zero-order chi connectivity index (χ0) is 22.6. The van der Waals surface area contributed by atoms with Crippen molar-refractivity contribution in [1.29, 1.82) is 0 Å². The molecule has 3 aromatic carbocycles. The highest BCUT2D eigenvalue weighted by molar-refractivity contribution is 5.90. The van der Waals surface area contributed by atoms with Crippen LogP contribution in [0.15, 0.2) is 91.3 Å². The van der Waals surface area contributed by atoms with Crippen LogP contribution in [0.1, 0.15) is 33.4 Å². The SMILES string of the molecule is O=C(OC[C@H]1O[C@H](n2cnc3ccccc32)C[C@@H]1OC(=O)c1ccccc1)c1ccccc1. The number of nitrogens with zero attached hydrogens (tertiary/aromatic N) is 2. The van der Waals surface area contributed by atoms with Gasteiger partial charge in [0.2, 0.25) is 0 Å². The monoisotopic (exact) mass is 442 g/mol. The van der Waals surface area contributed by atoms with Crippen LogP contribution in [0.25, 0.3) is 11.0 Å². The summed E-state index contributed by atoms with van der Waals surface area (Å²) in [6.07, 6.45) is 0.506. The van der Waals surface area contributed by atoms with Gasteiger partial charge in [-0.2, -0.15) is 0 Å². The highest BCUT2D eigenvalue weighted by Crippen LogP contribution is 2.33. The van der Waals surface area contributed by atoms with Gasteiger partial charge in [-0.1, -0.05) is 48.5 Å². The maximum absolute atomic E-state index is 12.7. The van der Waals surface area contributed by atoms with Gasteiger partial charge in [-0.05, 0) is 36.4 Å². The van der Waals surface area contributed by atoms with Crippen LogP contribution in [-0.4, -0.2) is 40.3 Å². The zero-order valence-corrected chi connectivity index (χ0v) is 17.7. The first-order chi connectivity index (χ1) is 16.2. The number of ether oxygens (including phenoxy) is 3. The molecule has 166 valence electrons. The van der Waals surface area contributed by atoms with Crippen molar-refractivity contribution >= 4 is 23.0 Å². The second kappa shape index (κ2) is 9.26. The Morgan fingerprint density at radius 3 is 2.24 bits per heavy atom. The Labute approximate surface area is 190 Å². The van der Waals surface area contributed by atoms with Crippen LogP contribution in [-0.2, 0) is 14.2 Å². The summed E-state index contributed by atoms with van der Waals surface area (Å²) in [7, 11) is 0. The molecule has 0 spiro atoms. The third-order valence-corrected chi connectivity index (χ3v) is 5.63. The minimum absolute atomic E-state index is 0.0381. The number of para-hydroxylation sites is 2. The summed E-state index contributed by atoms with van der Waals surface area (Å²) in [6, 6.07) is 25.3. The quantitative estimate of drug-likeness (QED) is 0.412. The summed E-state index contributed by atoms with van der Waals surface area (Å²) in [5, 5.41) is 0. The number of aromatic nitrogens is 2. The Balaban J connectivity index is 1.35. The van der Waals surface area contributed by atoms with E-state index in [-0.39, 0.29) is 6.61 Å². The maximum Gasteiger partial charge on any atom is 0.338 e. The first kappa shape index (κ1) is 20.9. The summed E-state index contributed by atoms with van der Waals surface area (Å²) < 4.78 is 19.4. The molecule has 2 heterocycles. The summed E-state index contributed by atoms with van der Waals surface area (Å²) >= 11 is 0. The predicted octanol–water partition coefficient (Wildman–Crippen LogP) is 4.41. The Morgan fingerprint density at radius 2 is 1.52 bits per heavy atom. The van der Waals surface area contributed by atoms with E-state index in [2.05, 4.69) is 4.98 Å². The molecule has 1 aromatic heterocycles. The van der Waals surface area contributed by atoms with E-state index in [9.17, 15) is 9.59 Å². The maximum atomic E-state index is 12.7. The number of carbonyl (C=O) groups excluding carboxylic acids is 2. The average molecular weight is 442 g/mol. The van der Waals surface area contributed by atoms with Crippen molar-refractivity contribution < 1.29 is 23.8 Å². The van der Waals surface area contributed by atoms with Gasteiger partial charge >= 0.3 is 11.9 Å². The fourth-order valence-corrected chi connectivity index (χ4v) is 3.95.